The first-order valence-electron chi connectivity index (χ1n) is 8.49. The van der Waals surface area contributed by atoms with Crippen LogP contribution in [0, 0.1) is 5.82 Å². The normalized spacial score (nSPS) is 10.2. The molecule has 0 radical (unpaired) electrons. The van der Waals surface area contributed by atoms with Crippen LogP contribution in [0.4, 0.5) is 21.6 Å². The van der Waals surface area contributed by atoms with E-state index in [-0.39, 0.29) is 12.3 Å². The molecule has 0 atom stereocenters. The van der Waals surface area contributed by atoms with E-state index < -0.39 is 17.7 Å². The SMILES string of the molecule is CCOC(=O)c1ccccc1Nc1cc(C(=O)Nc2ccc(F)cc2)ncn1. The van der Waals surface area contributed by atoms with E-state index in [1.165, 1.54) is 36.7 Å². The first-order chi connectivity index (χ1) is 13.6. The van der Waals surface area contributed by atoms with Crippen molar-refractivity contribution in [1.82, 2.24) is 9.97 Å². The van der Waals surface area contributed by atoms with Crippen molar-refractivity contribution in [1.29, 1.82) is 0 Å². The van der Waals surface area contributed by atoms with Gasteiger partial charge < -0.3 is 15.4 Å². The molecule has 0 spiro atoms. The average molecular weight is 380 g/mol. The van der Waals surface area contributed by atoms with Crippen molar-refractivity contribution in [2.75, 3.05) is 17.2 Å². The highest BCUT2D eigenvalue weighted by Gasteiger charge is 2.14. The Balaban J connectivity index is 1.78. The number of carbonyl (C=O) groups excluding carboxylic acids is 2. The second-order valence-electron chi connectivity index (χ2n) is 5.64. The van der Waals surface area contributed by atoms with Crippen LogP contribution in [0.5, 0.6) is 0 Å². The Morgan fingerprint density at radius 2 is 1.82 bits per heavy atom. The molecule has 0 aliphatic rings. The molecule has 3 rings (SSSR count). The third kappa shape index (κ3) is 4.67. The summed E-state index contributed by atoms with van der Waals surface area (Å²) in [7, 11) is 0. The van der Waals surface area contributed by atoms with Gasteiger partial charge >= 0.3 is 5.97 Å². The smallest absolute Gasteiger partial charge is 0.340 e. The van der Waals surface area contributed by atoms with Gasteiger partial charge in [-0.3, -0.25) is 4.79 Å². The van der Waals surface area contributed by atoms with Gasteiger partial charge in [-0.05, 0) is 43.3 Å². The molecular weight excluding hydrogens is 363 g/mol. The van der Waals surface area contributed by atoms with Crippen molar-refractivity contribution in [3.63, 3.8) is 0 Å². The van der Waals surface area contributed by atoms with Crippen molar-refractivity contribution in [3.8, 4) is 0 Å². The number of carbonyl (C=O) groups is 2. The summed E-state index contributed by atoms with van der Waals surface area (Å²) in [5, 5.41) is 5.62. The Hall–Kier alpha value is -3.81. The second-order valence-corrected chi connectivity index (χ2v) is 5.64. The van der Waals surface area contributed by atoms with E-state index in [0.29, 0.717) is 22.8 Å². The third-order valence-electron chi connectivity index (χ3n) is 3.69. The molecule has 3 aromatic rings. The fourth-order valence-electron chi connectivity index (χ4n) is 2.40. The highest BCUT2D eigenvalue weighted by Crippen LogP contribution is 2.21. The van der Waals surface area contributed by atoms with Gasteiger partial charge in [-0.15, -0.1) is 0 Å². The number of hydrogen-bond acceptors (Lipinski definition) is 6. The minimum absolute atomic E-state index is 0.107. The number of nitrogens with one attached hydrogen (secondary N) is 2. The van der Waals surface area contributed by atoms with Gasteiger partial charge in [0.05, 0.1) is 17.9 Å². The summed E-state index contributed by atoms with van der Waals surface area (Å²) >= 11 is 0. The first kappa shape index (κ1) is 19.0. The molecule has 28 heavy (non-hydrogen) atoms. The number of ether oxygens (including phenoxy) is 1. The van der Waals surface area contributed by atoms with E-state index in [1.54, 1.807) is 31.2 Å². The molecule has 2 aromatic carbocycles. The molecule has 0 aliphatic heterocycles. The van der Waals surface area contributed by atoms with Crippen LogP contribution in [0.1, 0.15) is 27.8 Å². The van der Waals surface area contributed by atoms with Crippen molar-refractivity contribution < 1.29 is 18.7 Å². The van der Waals surface area contributed by atoms with Crippen LogP contribution in [0.15, 0.2) is 60.9 Å². The second kappa shape index (κ2) is 8.72. The van der Waals surface area contributed by atoms with Crippen molar-refractivity contribution in [3.05, 3.63) is 78.0 Å². The predicted molar refractivity (Wildman–Crippen MR) is 102 cm³/mol. The molecule has 1 aromatic heterocycles. The Morgan fingerprint density at radius 1 is 1.07 bits per heavy atom. The lowest BCUT2D eigenvalue weighted by molar-refractivity contribution is 0.0527. The molecule has 0 unspecified atom stereocenters. The van der Waals surface area contributed by atoms with Crippen LogP contribution in [0.3, 0.4) is 0 Å². The van der Waals surface area contributed by atoms with E-state index in [9.17, 15) is 14.0 Å². The van der Waals surface area contributed by atoms with Gasteiger partial charge in [0.2, 0.25) is 0 Å². The number of benzene rings is 2. The van der Waals surface area contributed by atoms with Crippen LogP contribution in [-0.4, -0.2) is 28.5 Å². The molecule has 0 bridgehead atoms. The van der Waals surface area contributed by atoms with E-state index in [0.717, 1.165) is 0 Å². The summed E-state index contributed by atoms with van der Waals surface area (Å²) in [6, 6.07) is 13.6. The van der Waals surface area contributed by atoms with Crippen molar-refractivity contribution >= 4 is 29.1 Å². The maximum atomic E-state index is 13.0. The maximum absolute atomic E-state index is 13.0. The lowest BCUT2D eigenvalue weighted by atomic mass is 10.2. The third-order valence-corrected chi connectivity index (χ3v) is 3.69. The number of anilines is 3. The minimum atomic E-state index is -0.476. The summed E-state index contributed by atoms with van der Waals surface area (Å²) in [5.41, 5.74) is 1.38. The number of hydrogen-bond donors (Lipinski definition) is 2. The predicted octanol–water partition coefficient (Wildman–Crippen LogP) is 3.79. The Morgan fingerprint density at radius 3 is 2.57 bits per heavy atom. The summed E-state index contributed by atoms with van der Waals surface area (Å²) in [6.07, 6.45) is 1.23. The molecule has 1 heterocycles. The van der Waals surface area contributed by atoms with E-state index in [2.05, 4.69) is 20.6 Å². The van der Waals surface area contributed by atoms with Crippen LogP contribution >= 0.6 is 0 Å². The molecule has 0 fully saturated rings. The summed E-state index contributed by atoms with van der Waals surface area (Å²) in [6.45, 7) is 1.98. The van der Waals surface area contributed by atoms with Crippen LogP contribution in [0.2, 0.25) is 0 Å². The molecule has 0 saturated carbocycles. The topological polar surface area (TPSA) is 93.2 Å². The average Bonchev–Trinajstić information content (AvgIpc) is 2.70. The van der Waals surface area contributed by atoms with Gasteiger partial charge in [-0.25, -0.2) is 19.2 Å². The Bertz CT molecular complexity index is 993. The van der Waals surface area contributed by atoms with Gasteiger partial charge in [0.25, 0.3) is 5.91 Å². The zero-order valence-electron chi connectivity index (χ0n) is 15.0. The summed E-state index contributed by atoms with van der Waals surface area (Å²) in [4.78, 5) is 32.5. The van der Waals surface area contributed by atoms with Gasteiger partial charge in [-0.1, -0.05) is 12.1 Å². The summed E-state index contributed by atoms with van der Waals surface area (Å²) in [5.74, 6) is -1.01. The van der Waals surface area contributed by atoms with Gasteiger partial charge in [0.1, 0.15) is 23.7 Å². The molecule has 2 N–H and O–H groups in total. The number of amides is 1. The molecule has 142 valence electrons. The molecule has 1 amide bonds. The van der Waals surface area contributed by atoms with E-state index >= 15 is 0 Å². The van der Waals surface area contributed by atoms with Crippen LogP contribution in [-0.2, 0) is 4.74 Å². The van der Waals surface area contributed by atoms with Gasteiger partial charge in [-0.2, -0.15) is 0 Å². The van der Waals surface area contributed by atoms with Gasteiger partial charge in [0.15, 0.2) is 0 Å². The Kier molecular flexibility index (Phi) is 5.91. The fourth-order valence-corrected chi connectivity index (χ4v) is 2.40. The van der Waals surface area contributed by atoms with Crippen molar-refractivity contribution in [2.45, 2.75) is 6.92 Å². The largest absolute Gasteiger partial charge is 0.462 e. The molecule has 7 nitrogen and oxygen atoms in total. The monoisotopic (exact) mass is 380 g/mol. The number of aromatic nitrogens is 2. The number of halogens is 1. The van der Waals surface area contributed by atoms with E-state index in [4.69, 9.17) is 4.74 Å². The minimum Gasteiger partial charge on any atom is -0.462 e. The molecular formula is C20H17FN4O3. The number of rotatable bonds is 6. The molecule has 8 heteroatoms. The lowest BCUT2D eigenvalue weighted by Crippen LogP contribution is -2.14. The zero-order valence-corrected chi connectivity index (χ0v) is 15.0. The number of nitrogens with zero attached hydrogens (tertiary/aromatic N) is 2. The van der Waals surface area contributed by atoms with Crippen LogP contribution < -0.4 is 10.6 Å². The lowest BCUT2D eigenvalue weighted by Gasteiger charge is -2.11. The highest BCUT2D eigenvalue weighted by molar-refractivity contribution is 6.03. The maximum Gasteiger partial charge on any atom is 0.340 e. The van der Waals surface area contributed by atoms with Gasteiger partial charge in [0, 0.05) is 11.8 Å². The number of para-hydroxylation sites is 1. The zero-order chi connectivity index (χ0) is 19.9. The van der Waals surface area contributed by atoms with Crippen molar-refractivity contribution in [2.24, 2.45) is 0 Å². The quantitative estimate of drug-likeness (QED) is 0.632. The standard InChI is InChI=1S/C20H17FN4O3/c1-2-28-20(27)15-5-3-4-6-16(15)25-18-11-17(22-12-23-18)19(26)24-14-9-7-13(21)8-10-14/h3-12H,2H2,1H3,(H,24,26)(H,22,23,25). The van der Waals surface area contributed by atoms with E-state index in [1.807, 2.05) is 0 Å². The Labute approximate surface area is 160 Å². The summed E-state index contributed by atoms with van der Waals surface area (Å²) < 4.78 is 18.0. The fraction of sp³-hybridized carbons (Fsp3) is 0.100. The first-order valence-corrected chi connectivity index (χ1v) is 8.49. The number of esters is 1. The highest BCUT2D eigenvalue weighted by atomic mass is 19.1. The molecule has 0 aliphatic carbocycles. The molecule has 0 saturated heterocycles. The van der Waals surface area contributed by atoms with Crippen LogP contribution in [0.25, 0.3) is 0 Å².